The van der Waals surface area contributed by atoms with Gasteiger partial charge in [0.2, 0.25) is 10.0 Å². The largest absolute Gasteiger partial charge is 0.379 e. The van der Waals surface area contributed by atoms with E-state index in [4.69, 9.17) is 32.7 Å². The van der Waals surface area contributed by atoms with Crippen molar-refractivity contribution in [2.45, 2.75) is 30.7 Å². The van der Waals surface area contributed by atoms with E-state index in [9.17, 15) is 8.42 Å². The average molecular weight is 501 g/mol. The van der Waals surface area contributed by atoms with Gasteiger partial charge in [-0.25, -0.2) is 13.1 Å². The number of hydrogen-bond donors (Lipinski definition) is 1. The van der Waals surface area contributed by atoms with E-state index >= 15 is 0 Å². The molecule has 1 atom stereocenters. The molecule has 6 nitrogen and oxygen atoms in total. The molecule has 0 amide bonds. The summed E-state index contributed by atoms with van der Waals surface area (Å²) in [5.74, 6) is -0.0263. The van der Waals surface area contributed by atoms with Gasteiger partial charge in [0.1, 0.15) is 0 Å². The molecular weight excluding hydrogens is 471 g/mol. The van der Waals surface area contributed by atoms with Crippen molar-refractivity contribution in [3.8, 4) is 0 Å². The normalized spacial score (nSPS) is 16.8. The quantitative estimate of drug-likeness (QED) is 0.466. The summed E-state index contributed by atoms with van der Waals surface area (Å²) < 4.78 is 39.0. The zero-order valence-corrected chi connectivity index (χ0v) is 20.8. The molecule has 0 spiro atoms. The minimum absolute atomic E-state index is 0.0263. The van der Waals surface area contributed by atoms with Gasteiger partial charge in [-0.2, -0.15) is 0 Å². The van der Waals surface area contributed by atoms with E-state index in [1.54, 1.807) is 24.3 Å². The predicted octanol–water partition coefficient (Wildman–Crippen LogP) is 4.29. The van der Waals surface area contributed by atoms with Crippen LogP contribution in [-0.4, -0.2) is 59.9 Å². The molecule has 32 heavy (non-hydrogen) atoms. The first-order valence-corrected chi connectivity index (χ1v) is 13.0. The number of benzene rings is 2. The van der Waals surface area contributed by atoms with E-state index in [-0.39, 0.29) is 24.0 Å². The molecule has 0 saturated carbocycles. The Morgan fingerprint density at radius 1 is 1.09 bits per heavy atom. The molecule has 2 aromatic carbocycles. The van der Waals surface area contributed by atoms with E-state index in [0.717, 1.165) is 36.2 Å². The maximum atomic E-state index is 12.8. The second-order valence-electron chi connectivity index (χ2n) is 7.90. The van der Waals surface area contributed by atoms with E-state index in [0.29, 0.717) is 29.9 Å². The summed E-state index contributed by atoms with van der Waals surface area (Å²) in [5.41, 5.74) is 2.98. The Bertz CT molecular complexity index is 1020. The summed E-state index contributed by atoms with van der Waals surface area (Å²) in [7, 11) is -1.63. The van der Waals surface area contributed by atoms with Gasteiger partial charge in [-0.1, -0.05) is 42.3 Å². The molecule has 0 fully saturated rings. The minimum Gasteiger partial charge on any atom is -0.379 e. The van der Waals surface area contributed by atoms with E-state index < -0.39 is 10.0 Å². The van der Waals surface area contributed by atoms with Crippen LogP contribution < -0.4 is 4.72 Å². The van der Waals surface area contributed by atoms with Gasteiger partial charge in [0.05, 0.1) is 24.7 Å². The standard InChI is InChI=1S/C23H30Cl2N2O4S/c1-3-8-30-10-11-31-9-7-26-32(28,29)19-6-4-5-17(12-19)21-15-27(2)16-22-20(21)13-18(24)14-23(22)25/h4-6,12-14,21,26H,3,7-11,15-16H2,1-2H3. The predicted molar refractivity (Wildman–Crippen MR) is 128 cm³/mol. The van der Waals surface area contributed by atoms with Crippen LogP contribution in [-0.2, 0) is 26.0 Å². The van der Waals surface area contributed by atoms with Crippen LogP contribution in [0.25, 0.3) is 0 Å². The van der Waals surface area contributed by atoms with Crippen molar-refractivity contribution < 1.29 is 17.9 Å². The molecule has 176 valence electrons. The molecule has 0 aromatic heterocycles. The van der Waals surface area contributed by atoms with Gasteiger partial charge in [0, 0.05) is 42.2 Å². The van der Waals surface area contributed by atoms with Gasteiger partial charge in [0.25, 0.3) is 0 Å². The average Bonchev–Trinajstić information content (AvgIpc) is 2.76. The number of sulfonamides is 1. The van der Waals surface area contributed by atoms with Crippen molar-refractivity contribution >= 4 is 33.2 Å². The Labute approximate surface area is 200 Å². The van der Waals surface area contributed by atoms with Crippen molar-refractivity contribution in [1.82, 2.24) is 9.62 Å². The Morgan fingerprint density at radius 2 is 1.84 bits per heavy atom. The molecule has 1 aliphatic rings. The monoisotopic (exact) mass is 500 g/mol. The smallest absolute Gasteiger partial charge is 0.240 e. The third-order valence-electron chi connectivity index (χ3n) is 5.32. The third kappa shape index (κ3) is 6.67. The molecule has 0 saturated heterocycles. The minimum atomic E-state index is -3.66. The first-order valence-electron chi connectivity index (χ1n) is 10.7. The number of ether oxygens (including phenoxy) is 2. The summed E-state index contributed by atoms with van der Waals surface area (Å²) >= 11 is 12.7. The number of fused-ring (bicyclic) bond motifs is 1. The molecule has 2 aromatic rings. The second-order valence-corrected chi connectivity index (χ2v) is 10.5. The summed E-state index contributed by atoms with van der Waals surface area (Å²) in [6, 6.07) is 10.7. The molecule has 1 unspecified atom stereocenters. The fourth-order valence-electron chi connectivity index (χ4n) is 3.83. The van der Waals surface area contributed by atoms with Crippen molar-refractivity contribution in [1.29, 1.82) is 0 Å². The number of halogens is 2. The van der Waals surface area contributed by atoms with Crippen LogP contribution in [0.3, 0.4) is 0 Å². The van der Waals surface area contributed by atoms with Crippen LogP contribution in [0.1, 0.15) is 36.0 Å². The lowest BCUT2D eigenvalue weighted by Crippen LogP contribution is -2.31. The SMILES string of the molecule is CCCOCCOCCNS(=O)(=O)c1cccc(C2CN(C)Cc3c(Cl)cc(Cl)cc32)c1. The molecule has 1 heterocycles. The van der Waals surface area contributed by atoms with Crippen molar-refractivity contribution in [2.75, 3.05) is 46.6 Å². The van der Waals surface area contributed by atoms with Crippen molar-refractivity contribution in [3.63, 3.8) is 0 Å². The van der Waals surface area contributed by atoms with Crippen molar-refractivity contribution in [2.24, 2.45) is 0 Å². The molecule has 0 aliphatic carbocycles. The van der Waals surface area contributed by atoms with E-state index in [2.05, 4.69) is 9.62 Å². The van der Waals surface area contributed by atoms with Crippen LogP contribution in [0, 0.1) is 0 Å². The Morgan fingerprint density at radius 3 is 2.59 bits per heavy atom. The molecule has 0 bridgehead atoms. The van der Waals surface area contributed by atoms with Gasteiger partial charge in [-0.15, -0.1) is 0 Å². The summed E-state index contributed by atoms with van der Waals surface area (Å²) in [4.78, 5) is 2.40. The fourth-order valence-corrected chi connectivity index (χ4v) is 5.46. The summed E-state index contributed by atoms with van der Waals surface area (Å²) in [6.07, 6.45) is 0.960. The highest BCUT2D eigenvalue weighted by Gasteiger charge is 2.28. The molecule has 3 rings (SSSR count). The van der Waals surface area contributed by atoms with Gasteiger partial charge < -0.3 is 14.4 Å². The van der Waals surface area contributed by atoms with Gasteiger partial charge >= 0.3 is 0 Å². The first kappa shape index (κ1) is 25.4. The molecular formula is C23H30Cl2N2O4S. The molecule has 9 heteroatoms. The number of hydrogen-bond acceptors (Lipinski definition) is 5. The number of nitrogens with zero attached hydrogens (tertiary/aromatic N) is 1. The molecule has 1 aliphatic heterocycles. The first-order chi connectivity index (χ1) is 15.3. The zero-order valence-electron chi connectivity index (χ0n) is 18.4. The number of rotatable bonds is 11. The van der Waals surface area contributed by atoms with Crippen LogP contribution in [0.5, 0.6) is 0 Å². The van der Waals surface area contributed by atoms with Crippen LogP contribution in [0.2, 0.25) is 10.0 Å². The fraction of sp³-hybridized carbons (Fsp3) is 0.478. The topological polar surface area (TPSA) is 67.9 Å². The van der Waals surface area contributed by atoms with Crippen LogP contribution >= 0.6 is 23.2 Å². The lowest BCUT2D eigenvalue weighted by atomic mass is 9.85. The summed E-state index contributed by atoms with van der Waals surface area (Å²) in [6.45, 7) is 5.64. The van der Waals surface area contributed by atoms with Crippen LogP contribution in [0.4, 0.5) is 0 Å². The Kier molecular flexibility index (Phi) is 9.37. The third-order valence-corrected chi connectivity index (χ3v) is 7.34. The van der Waals surface area contributed by atoms with Crippen molar-refractivity contribution in [3.05, 3.63) is 63.1 Å². The van der Waals surface area contributed by atoms with Gasteiger partial charge in [-0.05, 0) is 54.4 Å². The van der Waals surface area contributed by atoms with Crippen LogP contribution in [0.15, 0.2) is 41.3 Å². The highest BCUT2D eigenvalue weighted by atomic mass is 35.5. The van der Waals surface area contributed by atoms with E-state index in [1.165, 1.54) is 0 Å². The van der Waals surface area contributed by atoms with E-state index in [1.807, 2.05) is 26.1 Å². The maximum absolute atomic E-state index is 12.8. The second kappa shape index (κ2) is 11.8. The summed E-state index contributed by atoms with van der Waals surface area (Å²) in [5, 5.41) is 1.21. The highest BCUT2D eigenvalue weighted by molar-refractivity contribution is 7.89. The zero-order chi connectivity index (χ0) is 23.1. The number of likely N-dealkylation sites (N-methyl/N-ethyl adjacent to an activating group) is 1. The van der Waals surface area contributed by atoms with Gasteiger partial charge in [-0.3, -0.25) is 0 Å². The highest BCUT2D eigenvalue weighted by Crippen LogP contribution is 2.38. The molecule has 1 N–H and O–H groups in total. The Hall–Kier alpha value is -1.19. The lowest BCUT2D eigenvalue weighted by Gasteiger charge is -2.33. The number of nitrogens with one attached hydrogen (secondary N) is 1. The maximum Gasteiger partial charge on any atom is 0.240 e. The lowest BCUT2D eigenvalue weighted by molar-refractivity contribution is 0.0502. The van der Waals surface area contributed by atoms with Gasteiger partial charge in [0.15, 0.2) is 0 Å². The Balaban J connectivity index is 1.69. The molecule has 0 radical (unpaired) electrons.